The highest BCUT2D eigenvalue weighted by molar-refractivity contribution is 6.31. The number of anilines is 1. The molecule has 0 bridgehead atoms. The van der Waals surface area contributed by atoms with Crippen LogP contribution in [0.2, 0.25) is 5.02 Å². The number of halogens is 1. The Morgan fingerprint density at radius 3 is 2.79 bits per heavy atom. The first kappa shape index (κ1) is 12.7. The summed E-state index contributed by atoms with van der Waals surface area (Å²) in [5, 5.41) is 20.8. The Labute approximate surface area is 115 Å². The number of allylic oxidation sites excluding steroid dienone is 1. The van der Waals surface area contributed by atoms with Gasteiger partial charge in [-0.05, 0) is 18.2 Å². The molecule has 0 saturated heterocycles. The van der Waals surface area contributed by atoms with Crippen molar-refractivity contribution in [1.29, 1.82) is 10.5 Å². The van der Waals surface area contributed by atoms with E-state index in [1.807, 2.05) is 6.07 Å². The third-order valence-corrected chi connectivity index (χ3v) is 2.59. The zero-order valence-electron chi connectivity index (χ0n) is 9.71. The molecule has 0 unspecified atom stereocenters. The molecule has 1 aromatic heterocycles. The molecule has 0 aliphatic rings. The Morgan fingerprint density at radius 2 is 2.16 bits per heavy atom. The molecule has 1 aromatic carbocycles. The van der Waals surface area contributed by atoms with E-state index in [9.17, 15) is 0 Å². The van der Waals surface area contributed by atoms with Crippen LogP contribution in [0.25, 0.3) is 5.69 Å². The van der Waals surface area contributed by atoms with Crippen LogP contribution in [0, 0.1) is 22.7 Å². The van der Waals surface area contributed by atoms with E-state index in [0.717, 1.165) is 5.69 Å². The van der Waals surface area contributed by atoms with Gasteiger partial charge in [-0.2, -0.15) is 10.5 Å². The summed E-state index contributed by atoms with van der Waals surface area (Å²) in [6.45, 7) is 0. The summed E-state index contributed by atoms with van der Waals surface area (Å²) in [4.78, 5) is 3.97. The molecule has 0 amide bonds. The largest absolute Gasteiger partial charge is 0.358 e. The van der Waals surface area contributed by atoms with Crippen LogP contribution in [0.3, 0.4) is 0 Å². The minimum absolute atomic E-state index is 0.0171. The number of benzene rings is 1. The molecule has 0 fully saturated rings. The number of hydrogen-bond acceptors (Lipinski definition) is 4. The fourth-order valence-corrected chi connectivity index (χ4v) is 1.66. The summed E-state index contributed by atoms with van der Waals surface area (Å²) >= 11 is 5.95. The maximum Gasteiger partial charge on any atom is 0.145 e. The Morgan fingerprint density at radius 1 is 1.37 bits per heavy atom. The standard InChI is InChI=1S/C13H8ClN5/c14-11-1-2-13(19-4-3-17-9-19)12(5-11)18-8-10(6-15)7-16/h1-5,8-9,18H. The van der Waals surface area contributed by atoms with Gasteiger partial charge in [0.1, 0.15) is 17.7 Å². The van der Waals surface area contributed by atoms with Gasteiger partial charge in [-0.3, -0.25) is 0 Å². The Balaban J connectivity index is 2.40. The summed E-state index contributed by atoms with van der Waals surface area (Å²) in [6.07, 6.45) is 6.43. The highest BCUT2D eigenvalue weighted by atomic mass is 35.5. The van der Waals surface area contributed by atoms with Gasteiger partial charge in [0.05, 0.1) is 17.7 Å². The normalized spacial score (nSPS) is 9.21. The van der Waals surface area contributed by atoms with Crippen molar-refractivity contribution in [1.82, 2.24) is 9.55 Å². The number of nitrogens with zero attached hydrogens (tertiary/aromatic N) is 4. The van der Waals surface area contributed by atoms with Crippen molar-refractivity contribution in [2.75, 3.05) is 5.32 Å². The van der Waals surface area contributed by atoms with E-state index in [-0.39, 0.29) is 5.57 Å². The molecule has 92 valence electrons. The average molecular weight is 270 g/mol. The molecule has 0 aliphatic heterocycles. The Hall–Kier alpha value is -2.76. The molecular weight excluding hydrogens is 262 g/mol. The van der Waals surface area contributed by atoms with Gasteiger partial charge >= 0.3 is 0 Å². The molecule has 1 heterocycles. The number of hydrogen-bond donors (Lipinski definition) is 1. The van der Waals surface area contributed by atoms with Crippen LogP contribution >= 0.6 is 11.6 Å². The van der Waals surface area contributed by atoms with E-state index < -0.39 is 0 Å². The lowest BCUT2D eigenvalue weighted by Gasteiger charge is -2.10. The summed E-state index contributed by atoms with van der Waals surface area (Å²) in [6, 6.07) is 8.83. The summed E-state index contributed by atoms with van der Waals surface area (Å²) < 4.78 is 1.80. The molecule has 0 aliphatic carbocycles. The molecule has 2 rings (SSSR count). The quantitative estimate of drug-likeness (QED) is 0.869. The van der Waals surface area contributed by atoms with E-state index in [1.54, 1.807) is 47.6 Å². The lowest BCUT2D eigenvalue weighted by atomic mass is 10.2. The molecule has 6 heteroatoms. The van der Waals surface area contributed by atoms with E-state index in [4.69, 9.17) is 22.1 Å². The van der Waals surface area contributed by atoms with Crippen LogP contribution in [0.4, 0.5) is 5.69 Å². The van der Waals surface area contributed by atoms with Crippen LogP contribution in [-0.4, -0.2) is 9.55 Å². The molecule has 2 aromatic rings. The van der Waals surface area contributed by atoms with Gasteiger partial charge in [0.25, 0.3) is 0 Å². The first-order valence-electron chi connectivity index (χ1n) is 5.29. The first-order chi connectivity index (χ1) is 9.24. The Kier molecular flexibility index (Phi) is 3.82. The van der Waals surface area contributed by atoms with Gasteiger partial charge in [0, 0.05) is 23.6 Å². The van der Waals surface area contributed by atoms with E-state index in [0.29, 0.717) is 10.7 Å². The lowest BCUT2D eigenvalue weighted by molar-refractivity contribution is 1.06. The van der Waals surface area contributed by atoms with Crippen molar-refractivity contribution in [3.63, 3.8) is 0 Å². The molecule has 0 spiro atoms. The van der Waals surface area contributed by atoms with Gasteiger partial charge < -0.3 is 9.88 Å². The third-order valence-electron chi connectivity index (χ3n) is 2.35. The number of nitriles is 2. The van der Waals surface area contributed by atoms with Crippen molar-refractivity contribution < 1.29 is 0 Å². The SMILES string of the molecule is N#CC(C#N)=CNc1cc(Cl)ccc1-n1ccnc1. The zero-order chi connectivity index (χ0) is 13.7. The molecule has 0 saturated carbocycles. The highest BCUT2D eigenvalue weighted by Crippen LogP contribution is 2.24. The van der Waals surface area contributed by atoms with Crippen LogP contribution in [0.5, 0.6) is 0 Å². The monoisotopic (exact) mass is 269 g/mol. The van der Waals surface area contributed by atoms with Crippen LogP contribution in [0.1, 0.15) is 0 Å². The third kappa shape index (κ3) is 2.92. The molecule has 0 atom stereocenters. The molecule has 0 radical (unpaired) electrons. The molecular formula is C13H8ClN5. The van der Waals surface area contributed by atoms with E-state index in [1.165, 1.54) is 6.20 Å². The fraction of sp³-hybridized carbons (Fsp3) is 0. The van der Waals surface area contributed by atoms with Crippen LogP contribution < -0.4 is 5.32 Å². The topological polar surface area (TPSA) is 77.4 Å². The smallest absolute Gasteiger partial charge is 0.145 e. The van der Waals surface area contributed by atoms with Crippen molar-refractivity contribution in [2.24, 2.45) is 0 Å². The summed E-state index contributed by atoms with van der Waals surface area (Å²) in [5.74, 6) is 0. The zero-order valence-corrected chi connectivity index (χ0v) is 10.5. The second-order valence-corrected chi connectivity index (χ2v) is 3.99. The number of nitrogens with one attached hydrogen (secondary N) is 1. The number of imidazole rings is 1. The van der Waals surface area contributed by atoms with E-state index in [2.05, 4.69) is 10.3 Å². The summed E-state index contributed by atoms with van der Waals surface area (Å²) in [7, 11) is 0. The second kappa shape index (κ2) is 5.72. The molecule has 1 N–H and O–H groups in total. The average Bonchev–Trinajstić information content (AvgIpc) is 2.94. The van der Waals surface area contributed by atoms with Gasteiger partial charge in [-0.25, -0.2) is 4.98 Å². The maximum absolute atomic E-state index is 8.69. The van der Waals surface area contributed by atoms with Gasteiger partial charge in [-0.1, -0.05) is 11.6 Å². The first-order valence-corrected chi connectivity index (χ1v) is 5.67. The minimum atomic E-state index is -0.0171. The number of aromatic nitrogens is 2. The van der Waals surface area contributed by atoms with Gasteiger partial charge in [0.2, 0.25) is 0 Å². The van der Waals surface area contributed by atoms with E-state index >= 15 is 0 Å². The minimum Gasteiger partial charge on any atom is -0.358 e. The van der Waals surface area contributed by atoms with Gasteiger partial charge in [-0.15, -0.1) is 0 Å². The second-order valence-electron chi connectivity index (χ2n) is 3.56. The van der Waals surface area contributed by atoms with Gasteiger partial charge in [0.15, 0.2) is 0 Å². The van der Waals surface area contributed by atoms with Crippen LogP contribution in [-0.2, 0) is 0 Å². The fourth-order valence-electron chi connectivity index (χ4n) is 1.49. The van der Waals surface area contributed by atoms with Crippen molar-refractivity contribution >= 4 is 17.3 Å². The number of rotatable bonds is 3. The predicted octanol–water partition coefficient (Wildman–Crippen LogP) is 2.87. The summed E-state index contributed by atoms with van der Waals surface area (Å²) in [5.41, 5.74) is 1.47. The lowest BCUT2D eigenvalue weighted by Crippen LogP contribution is -1.98. The van der Waals surface area contributed by atoms with Crippen molar-refractivity contribution in [3.05, 3.63) is 53.7 Å². The highest BCUT2D eigenvalue weighted by Gasteiger charge is 2.04. The predicted molar refractivity (Wildman–Crippen MR) is 71.5 cm³/mol. The Bertz CT molecular complexity index is 673. The molecule has 19 heavy (non-hydrogen) atoms. The molecule has 5 nitrogen and oxygen atoms in total. The van der Waals surface area contributed by atoms with Crippen molar-refractivity contribution in [3.8, 4) is 17.8 Å². The maximum atomic E-state index is 8.69. The van der Waals surface area contributed by atoms with Crippen LogP contribution in [0.15, 0.2) is 48.7 Å². The van der Waals surface area contributed by atoms with Crippen molar-refractivity contribution in [2.45, 2.75) is 0 Å².